The second-order valence-corrected chi connectivity index (χ2v) is 4.90. The molecular weight excluding hydrogens is 224 g/mol. The zero-order valence-electron chi connectivity index (χ0n) is 10.6. The molecule has 2 unspecified atom stereocenters. The number of rotatable bonds is 3. The Labute approximate surface area is 107 Å². The normalized spacial score (nSPS) is 23.4. The van der Waals surface area contributed by atoms with Gasteiger partial charge in [0.05, 0.1) is 5.52 Å². The van der Waals surface area contributed by atoms with Gasteiger partial charge in [-0.25, -0.2) is 0 Å². The minimum absolute atomic E-state index is 0.337. The summed E-state index contributed by atoms with van der Waals surface area (Å²) in [6.07, 6.45) is 5.58. The number of hydrogen-bond donors (Lipinski definition) is 1. The average Bonchev–Trinajstić information content (AvgIpc) is 2.86. The van der Waals surface area contributed by atoms with E-state index in [2.05, 4.69) is 22.4 Å². The summed E-state index contributed by atoms with van der Waals surface area (Å²) >= 11 is 0. The minimum atomic E-state index is 0.337. The highest BCUT2D eigenvalue weighted by Gasteiger charge is 2.24. The standard InChI is InChI=1S/C15H18N2O/c1-16-12-5-7-13(9-12)18-14-6-4-11-3-2-8-17-15(11)10-14/h2-4,6,8,10,12-13,16H,5,7,9H2,1H3. The quantitative estimate of drug-likeness (QED) is 0.898. The third-order valence-electron chi connectivity index (χ3n) is 3.67. The van der Waals surface area contributed by atoms with Gasteiger partial charge in [-0.1, -0.05) is 6.07 Å². The van der Waals surface area contributed by atoms with E-state index in [1.165, 1.54) is 6.42 Å². The molecule has 0 radical (unpaired) electrons. The Morgan fingerprint density at radius 2 is 2.22 bits per heavy atom. The molecule has 0 bridgehead atoms. The number of pyridine rings is 1. The van der Waals surface area contributed by atoms with E-state index in [0.29, 0.717) is 12.1 Å². The van der Waals surface area contributed by atoms with Crippen molar-refractivity contribution in [3.63, 3.8) is 0 Å². The molecule has 0 amide bonds. The van der Waals surface area contributed by atoms with Crippen LogP contribution >= 0.6 is 0 Å². The average molecular weight is 242 g/mol. The lowest BCUT2D eigenvalue weighted by atomic mass is 10.2. The van der Waals surface area contributed by atoms with Crippen LogP contribution in [-0.2, 0) is 0 Å². The highest BCUT2D eigenvalue weighted by molar-refractivity contribution is 5.79. The Bertz CT molecular complexity index is 541. The van der Waals surface area contributed by atoms with Gasteiger partial charge in [-0.15, -0.1) is 0 Å². The molecule has 0 saturated heterocycles. The number of nitrogens with one attached hydrogen (secondary N) is 1. The molecule has 94 valence electrons. The van der Waals surface area contributed by atoms with Crippen molar-refractivity contribution < 1.29 is 4.74 Å². The maximum absolute atomic E-state index is 6.04. The minimum Gasteiger partial charge on any atom is -0.490 e. The first-order valence-corrected chi connectivity index (χ1v) is 6.54. The fraction of sp³-hybridized carbons (Fsp3) is 0.400. The Balaban J connectivity index is 1.75. The molecular formula is C15H18N2O. The van der Waals surface area contributed by atoms with Crippen LogP contribution < -0.4 is 10.1 Å². The van der Waals surface area contributed by atoms with Gasteiger partial charge >= 0.3 is 0 Å². The largest absolute Gasteiger partial charge is 0.490 e. The van der Waals surface area contributed by atoms with Crippen LogP contribution in [0.15, 0.2) is 36.5 Å². The van der Waals surface area contributed by atoms with E-state index in [9.17, 15) is 0 Å². The first-order valence-electron chi connectivity index (χ1n) is 6.54. The molecule has 1 saturated carbocycles. The lowest BCUT2D eigenvalue weighted by Gasteiger charge is -2.14. The van der Waals surface area contributed by atoms with Gasteiger partial charge in [0.2, 0.25) is 0 Å². The van der Waals surface area contributed by atoms with Crippen molar-refractivity contribution in [1.29, 1.82) is 0 Å². The van der Waals surface area contributed by atoms with E-state index < -0.39 is 0 Å². The fourth-order valence-electron chi connectivity index (χ4n) is 2.62. The second kappa shape index (κ2) is 4.94. The van der Waals surface area contributed by atoms with Crippen molar-refractivity contribution in [2.45, 2.75) is 31.4 Å². The van der Waals surface area contributed by atoms with Crippen LogP contribution in [0.4, 0.5) is 0 Å². The third-order valence-corrected chi connectivity index (χ3v) is 3.67. The molecule has 1 aliphatic carbocycles. The van der Waals surface area contributed by atoms with Crippen molar-refractivity contribution >= 4 is 10.9 Å². The van der Waals surface area contributed by atoms with E-state index in [1.807, 2.05) is 31.4 Å². The monoisotopic (exact) mass is 242 g/mol. The lowest BCUT2D eigenvalue weighted by Crippen LogP contribution is -2.23. The van der Waals surface area contributed by atoms with Gasteiger partial charge < -0.3 is 10.1 Å². The predicted molar refractivity (Wildman–Crippen MR) is 72.9 cm³/mol. The van der Waals surface area contributed by atoms with Crippen LogP contribution in [0.2, 0.25) is 0 Å². The molecule has 1 fully saturated rings. The number of nitrogens with zero attached hydrogens (tertiary/aromatic N) is 1. The molecule has 1 aromatic carbocycles. The molecule has 0 spiro atoms. The topological polar surface area (TPSA) is 34.1 Å². The number of fused-ring (bicyclic) bond motifs is 1. The zero-order chi connectivity index (χ0) is 12.4. The summed E-state index contributed by atoms with van der Waals surface area (Å²) in [5.74, 6) is 0.933. The Morgan fingerprint density at radius 1 is 1.28 bits per heavy atom. The lowest BCUT2D eigenvalue weighted by molar-refractivity contribution is 0.207. The van der Waals surface area contributed by atoms with Crippen LogP contribution in [-0.4, -0.2) is 24.2 Å². The SMILES string of the molecule is CNC1CCC(Oc2ccc3cccnc3c2)C1. The highest BCUT2D eigenvalue weighted by atomic mass is 16.5. The fourth-order valence-corrected chi connectivity index (χ4v) is 2.62. The van der Waals surface area contributed by atoms with Crippen molar-refractivity contribution in [3.8, 4) is 5.75 Å². The first kappa shape index (κ1) is 11.5. The van der Waals surface area contributed by atoms with Crippen molar-refractivity contribution in [1.82, 2.24) is 10.3 Å². The van der Waals surface area contributed by atoms with Crippen molar-refractivity contribution in [3.05, 3.63) is 36.5 Å². The summed E-state index contributed by atoms with van der Waals surface area (Å²) in [5, 5.41) is 4.47. The highest BCUT2D eigenvalue weighted by Crippen LogP contribution is 2.26. The molecule has 1 N–H and O–H groups in total. The van der Waals surface area contributed by atoms with E-state index in [1.54, 1.807) is 0 Å². The molecule has 18 heavy (non-hydrogen) atoms. The van der Waals surface area contributed by atoms with Gasteiger partial charge in [-0.2, -0.15) is 0 Å². The number of aromatic nitrogens is 1. The molecule has 2 aromatic rings. The van der Waals surface area contributed by atoms with Crippen LogP contribution in [0.1, 0.15) is 19.3 Å². The van der Waals surface area contributed by atoms with E-state index in [-0.39, 0.29) is 0 Å². The van der Waals surface area contributed by atoms with Crippen molar-refractivity contribution in [2.24, 2.45) is 0 Å². The maximum atomic E-state index is 6.04. The molecule has 3 rings (SSSR count). The summed E-state index contributed by atoms with van der Waals surface area (Å²) in [7, 11) is 2.02. The van der Waals surface area contributed by atoms with Gasteiger partial charge in [-0.05, 0) is 44.5 Å². The van der Waals surface area contributed by atoms with Gasteiger partial charge in [0, 0.05) is 23.7 Å². The van der Waals surface area contributed by atoms with Crippen LogP contribution in [0.25, 0.3) is 10.9 Å². The molecule has 1 heterocycles. The number of hydrogen-bond acceptors (Lipinski definition) is 3. The third kappa shape index (κ3) is 2.31. The van der Waals surface area contributed by atoms with Crippen LogP contribution in [0, 0.1) is 0 Å². The molecule has 0 aliphatic heterocycles. The van der Waals surface area contributed by atoms with Crippen LogP contribution in [0.3, 0.4) is 0 Å². The van der Waals surface area contributed by atoms with E-state index in [0.717, 1.165) is 29.5 Å². The number of benzene rings is 1. The van der Waals surface area contributed by atoms with Gasteiger partial charge in [0.15, 0.2) is 0 Å². The smallest absolute Gasteiger partial charge is 0.121 e. The first-order chi connectivity index (χ1) is 8.85. The molecule has 3 nitrogen and oxygen atoms in total. The zero-order valence-corrected chi connectivity index (χ0v) is 10.6. The Kier molecular flexibility index (Phi) is 3.15. The van der Waals surface area contributed by atoms with Gasteiger partial charge in [0.25, 0.3) is 0 Å². The van der Waals surface area contributed by atoms with Crippen molar-refractivity contribution in [2.75, 3.05) is 7.05 Å². The summed E-state index contributed by atoms with van der Waals surface area (Å²) in [6, 6.07) is 10.8. The Morgan fingerprint density at radius 3 is 3.06 bits per heavy atom. The molecule has 1 aliphatic rings. The second-order valence-electron chi connectivity index (χ2n) is 4.90. The molecule has 1 aromatic heterocycles. The van der Waals surface area contributed by atoms with Gasteiger partial charge in [0.1, 0.15) is 11.9 Å². The summed E-state index contributed by atoms with van der Waals surface area (Å²) in [5.41, 5.74) is 0.998. The Hall–Kier alpha value is -1.61. The summed E-state index contributed by atoms with van der Waals surface area (Å²) in [6.45, 7) is 0. The predicted octanol–water partition coefficient (Wildman–Crippen LogP) is 2.75. The van der Waals surface area contributed by atoms with E-state index >= 15 is 0 Å². The molecule has 3 heteroatoms. The number of ether oxygens (including phenoxy) is 1. The maximum Gasteiger partial charge on any atom is 0.121 e. The summed E-state index contributed by atoms with van der Waals surface area (Å²) < 4.78 is 6.04. The van der Waals surface area contributed by atoms with Gasteiger partial charge in [-0.3, -0.25) is 4.98 Å². The molecule has 2 atom stereocenters. The summed E-state index contributed by atoms with van der Waals surface area (Å²) in [4.78, 5) is 4.36. The van der Waals surface area contributed by atoms with E-state index in [4.69, 9.17) is 4.74 Å². The van der Waals surface area contributed by atoms with Crippen LogP contribution in [0.5, 0.6) is 5.75 Å².